The van der Waals surface area contributed by atoms with Gasteiger partial charge in [0.2, 0.25) is 0 Å². The summed E-state index contributed by atoms with van der Waals surface area (Å²) < 4.78 is 0. The number of allylic oxidation sites excluding steroid dienone is 2. The molecule has 3 heteroatoms. The second-order valence-corrected chi connectivity index (χ2v) is 5.68. The summed E-state index contributed by atoms with van der Waals surface area (Å²) in [5, 5.41) is 10.2. The maximum atomic E-state index is 10.2. The van der Waals surface area contributed by atoms with Crippen LogP contribution in [0.2, 0.25) is 0 Å². The van der Waals surface area contributed by atoms with Gasteiger partial charge in [-0.15, -0.1) is 0 Å². The number of fused-ring (bicyclic) bond motifs is 3. The van der Waals surface area contributed by atoms with Crippen LogP contribution in [0.15, 0.2) is 23.9 Å². The molecular formula is C12H17NOS. The summed E-state index contributed by atoms with van der Waals surface area (Å²) in [5.74, 6) is 2.83. The summed E-state index contributed by atoms with van der Waals surface area (Å²) >= 11 is 1.83. The number of aliphatic hydroxyl groups excluding tert-OH is 1. The summed E-state index contributed by atoms with van der Waals surface area (Å²) in [5.41, 5.74) is 1.58. The molecule has 1 aliphatic heterocycles. The highest BCUT2D eigenvalue weighted by molar-refractivity contribution is 7.98. The molecule has 0 bridgehead atoms. The molecule has 0 saturated heterocycles. The highest BCUT2D eigenvalue weighted by atomic mass is 32.2. The van der Waals surface area contributed by atoms with Gasteiger partial charge in [0.15, 0.2) is 0 Å². The van der Waals surface area contributed by atoms with Gasteiger partial charge in [-0.25, -0.2) is 0 Å². The molecule has 0 aromatic carbocycles. The monoisotopic (exact) mass is 223 g/mol. The van der Waals surface area contributed by atoms with Crippen molar-refractivity contribution in [3.05, 3.63) is 23.9 Å². The van der Waals surface area contributed by atoms with E-state index in [9.17, 15) is 5.11 Å². The second kappa shape index (κ2) is 3.56. The van der Waals surface area contributed by atoms with Gasteiger partial charge in [0.25, 0.3) is 0 Å². The fourth-order valence-electron chi connectivity index (χ4n) is 2.87. The van der Waals surface area contributed by atoms with Gasteiger partial charge in [0.1, 0.15) is 6.23 Å². The third kappa shape index (κ3) is 1.53. The molecule has 3 aliphatic rings. The Kier molecular flexibility index (Phi) is 2.33. The van der Waals surface area contributed by atoms with Crippen molar-refractivity contribution in [2.24, 2.45) is 17.8 Å². The van der Waals surface area contributed by atoms with Crippen molar-refractivity contribution in [1.82, 2.24) is 4.90 Å². The standard InChI is InChI=1S/C12H17NOS/c1-15-5-4-13-3-2-9-10-6-8(10)7-11(9)12(13)14/h2-3,7,9-12,14H,4-6H2,1H3. The Labute approximate surface area is 95.0 Å². The van der Waals surface area contributed by atoms with Crippen molar-refractivity contribution < 1.29 is 5.11 Å². The topological polar surface area (TPSA) is 23.5 Å². The van der Waals surface area contributed by atoms with Crippen molar-refractivity contribution in [2.45, 2.75) is 12.6 Å². The maximum absolute atomic E-state index is 10.2. The van der Waals surface area contributed by atoms with E-state index in [-0.39, 0.29) is 6.23 Å². The van der Waals surface area contributed by atoms with Crippen LogP contribution in [0.5, 0.6) is 0 Å². The average Bonchev–Trinajstić information content (AvgIpc) is 2.92. The summed E-state index contributed by atoms with van der Waals surface area (Å²) in [6.45, 7) is 0.954. The smallest absolute Gasteiger partial charge is 0.133 e. The minimum Gasteiger partial charge on any atom is -0.373 e. The highest BCUT2D eigenvalue weighted by Crippen LogP contribution is 2.56. The van der Waals surface area contributed by atoms with Gasteiger partial charge in [-0.05, 0) is 30.7 Å². The Balaban J connectivity index is 1.72. The Morgan fingerprint density at radius 2 is 2.40 bits per heavy atom. The Morgan fingerprint density at radius 3 is 3.20 bits per heavy atom. The molecule has 1 heterocycles. The van der Waals surface area contributed by atoms with Gasteiger partial charge >= 0.3 is 0 Å². The van der Waals surface area contributed by atoms with E-state index in [4.69, 9.17) is 0 Å². The number of thioether (sulfide) groups is 1. The molecule has 2 nitrogen and oxygen atoms in total. The van der Waals surface area contributed by atoms with Crippen LogP contribution in [0.3, 0.4) is 0 Å². The van der Waals surface area contributed by atoms with Crippen molar-refractivity contribution in [1.29, 1.82) is 0 Å². The van der Waals surface area contributed by atoms with E-state index >= 15 is 0 Å². The summed E-state index contributed by atoms with van der Waals surface area (Å²) in [4.78, 5) is 2.08. The molecule has 15 heavy (non-hydrogen) atoms. The summed E-state index contributed by atoms with van der Waals surface area (Å²) in [6.07, 6.45) is 9.83. The largest absolute Gasteiger partial charge is 0.373 e. The number of nitrogens with zero attached hydrogens (tertiary/aromatic N) is 1. The molecule has 0 radical (unpaired) electrons. The van der Waals surface area contributed by atoms with Gasteiger partial charge in [0, 0.05) is 18.2 Å². The Morgan fingerprint density at radius 1 is 1.53 bits per heavy atom. The van der Waals surface area contributed by atoms with E-state index < -0.39 is 0 Å². The highest BCUT2D eigenvalue weighted by Gasteiger charge is 2.49. The van der Waals surface area contributed by atoms with Gasteiger partial charge in [-0.3, -0.25) is 0 Å². The molecule has 0 aromatic heterocycles. The van der Waals surface area contributed by atoms with Crippen LogP contribution in [-0.2, 0) is 0 Å². The molecule has 1 saturated carbocycles. The first-order valence-corrected chi connectivity index (χ1v) is 7.02. The number of rotatable bonds is 3. The van der Waals surface area contributed by atoms with Crippen molar-refractivity contribution >= 4 is 11.8 Å². The zero-order valence-electron chi connectivity index (χ0n) is 8.97. The Hall–Kier alpha value is -0.410. The molecule has 0 amide bonds. The fourth-order valence-corrected chi connectivity index (χ4v) is 3.26. The maximum Gasteiger partial charge on any atom is 0.133 e. The fraction of sp³-hybridized carbons (Fsp3) is 0.667. The quantitative estimate of drug-likeness (QED) is 0.737. The molecule has 1 N–H and O–H groups in total. The van der Waals surface area contributed by atoms with E-state index in [0.29, 0.717) is 11.8 Å². The summed E-state index contributed by atoms with van der Waals surface area (Å²) in [6, 6.07) is 0. The zero-order valence-corrected chi connectivity index (χ0v) is 9.78. The van der Waals surface area contributed by atoms with Crippen LogP contribution in [0.25, 0.3) is 0 Å². The van der Waals surface area contributed by atoms with E-state index in [1.54, 1.807) is 5.57 Å². The lowest BCUT2D eigenvalue weighted by Crippen LogP contribution is -2.43. The first-order chi connectivity index (χ1) is 7.31. The third-order valence-corrected chi connectivity index (χ3v) is 4.42. The zero-order chi connectivity index (χ0) is 10.4. The van der Waals surface area contributed by atoms with Gasteiger partial charge < -0.3 is 10.0 Å². The first kappa shape index (κ1) is 9.79. The Bertz CT molecular complexity index is 326. The van der Waals surface area contributed by atoms with E-state index in [1.165, 1.54) is 6.42 Å². The van der Waals surface area contributed by atoms with E-state index in [1.807, 2.05) is 11.8 Å². The van der Waals surface area contributed by atoms with E-state index in [0.717, 1.165) is 18.2 Å². The number of aliphatic hydroxyl groups is 1. The molecular weight excluding hydrogens is 206 g/mol. The van der Waals surface area contributed by atoms with Gasteiger partial charge in [0.05, 0.1) is 0 Å². The van der Waals surface area contributed by atoms with Crippen LogP contribution in [0.4, 0.5) is 0 Å². The molecule has 82 valence electrons. The van der Waals surface area contributed by atoms with Crippen molar-refractivity contribution in [2.75, 3.05) is 18.6 Å². The SMILES string of the molecule is CSCCN1C=CC2C3CC3=CC2C1O. The van der Waals surface area contributed by atoms with Crippen LogP contribution in [-0.4, -0.2) is 34.8 Å². The molecule has 1 fully saturated rings. The van der Waals surface area contributed by atoms with Crippen LogP contribution < -0.4 is 0 Å². The molecule has 4 atom stereocenters. The lowest BCUT2D eigenvalue weighted by molar-refractivity contribution is -0.0152. The third-order valence-electron chi connectivity index (χ3n) is 3.82. The molecule has 3 rings (SSSR count). The normalized spacial score (nSPS) is 41.2. The van der Waals surface area contributed by atoms with Crippen LogP contribution in [0, 0.1) is 17.8 Å². The number of hydrogen-bond donors (Lipinski definition) is 1. The van der Waals surface area contributed by atoms with Gasteiger partial charge in [-0.2, -0.15) is 11.8 Å². The minimum atomic E-state index is -0.285. The van der Waals surface area contributed by atoms with Crippen LogP contribution in [0.1, 0.15) is 6.42 Å². The first-order valence-electron chi connectivity index (χ1n) is 5.63. The molecule has 0 aromatic rings. The second-order valence-electron chi connectivity index (χ2n) is 4.69. The minimum absolute atomic E-state index is 0.285. The lowest BCUT2D eigenvalue weighted by Gasteiger charge is -2.37. The van der Waals surface area contributed by atoms with Crippen molar-refractivity contribution in [3.8, 4) is 0 Å². The predicted molar refractivity (Wildman–Crippen MR) is 63.4 cm³/mol. The molecule has 0 spiro atoms. The van der Waals surface area contributed by atoms with E-state index in [2.05, 4.69) is 29.5 Å². The molecule has 2 aliphatic carbocycles. The lowest BCUT2D eigenvalue weighted by atomic mass is 9.87. The predicted octanol–water partition coefficient (Wildman–Crippen LogP) is 1.69. The molecule has 4 unspecified atom stereocenters. The van der Waals surface area contributed by atoms with Crippen LogP contribution >= 0.6 is 11.8 Å². The average molecular weight is 223 g/mol. The van der Waals surface area contributed by atoms with Crippen molar-refractivity contribution in [3.63, 3.8) is 0 Å². The number of hydrogen-bond acceptors (Lipinski definition) is 3. The summed E-state index contributed by atoms with van der Waals surface area (Å²) in [7, 11) is 0. The van der Waals surface area contributed by atoms with Gasteiger partial charge in [-0.1, -0.05) is 17.7 Å².